The normalized spacial score (nSPS) is 22.0. The topological polar surface area (TPSA) is 94.0 Å². The first-order valence-electron chi connectivity index (χ1n) is 9.59. The summed E-state index contributed by atoms with van der Waals surface area (Å²) in [5.74, 6) is -1.36. The van der Waals surface area contributed by atoms with E-state index in [0.717, 1.165) is 0 Å². The molecule has 0 saturated carbocycles. The van der Waals surface area contributed by atoms with Crippen molar-refractivity contribution in [3.05, 3.63) is 23.5 Å². The lowest BCUT2D eigenvalue weighted by molar-refractivity contribution is -0.142. The van der Waals surface area contributed by atoms with Crippen LogP contribution in [0.5, 0.6) is 0 Å². The number of anilines is 3. The van der Waals surface area contributed by atoms with Crippen LogP contribution in [0.3, 0.4) is 0 Å². The van der Waals surface area contributed by atoms with E-state index in [0.29, 0.717) is 17.3 Å². The van der Waals surface area contributed by atoms with Crippen molar-refractivity contribution in [1.82, 2.24) is 19.7 Å². The summed E-state index contributed by atoms with van der Waals surface area (Å²) in [4.78, 5) is 19.6. The SMILES string of the molecule is [2H]C([2H])([2H])n1nc([C@@]2(C)CCOC2=O)cc1Nc1ncc(C(F)(F)F)c(NCC)n1. The van der Waals surface area contributed by atoms with Crippen LogP contribution in [-0.2, 0) is 28.1 Å². The van der Waals surface area contributed by atoms with Crippen molar-refractivity contribution < 1.29 is 26.8 Å². The molecule has 0 amide bonds. The van der Waals surface area contributed by atoms with E-state index < -0.39 is 35.9 Å². The minimum atomic E-state index is -4.67. The van der Waals surface area contributed by atoms with Crippen molar-refractivity contribution in [2.45, 2.75) is 31.9 Å². The number of halogens is 3. The van der Waals surface area contributed by atoms with Gasteiger partial charge in [0.2, 0.25) is 5.95 Å². The first-order chi connectivity index (χ1) is 13.9. The summed E-state index contributed by atoms with van der Waals surface area (Å²) in [6.45, 7) is 0.808. The summed E-state index contributed by atoms with van der Waals surface area (Å²) in [7, 11) is 0. The molecule has 1 saturated heterocycles. The van der Waals surface area contributed by atoms with Crippen LogP contribution in [0.2, 0.25) is 0 Å². The molecule has 0 radical (unpaired) electrons. The number of ether oxygens (including phenoxy) is 1. The number of alkyl halides is 3. The van der Waals surface area contributed by atoms with E-state index in [1.54, 1.807) is 13.8 Å². The lowest BCUT2D eigenvalue weighted by atomic mass is 9.85. The molecule has 0 aliphatic carbocycles. The Kier molecular flexibility index (Phi) is 3.78. The van der Waals surface area contributed by atoms with E-state index in [1.165, 1.54) is 6.07 Å². The lowest BCUT2D eigenvalue weighted by Crippen LogP contribution is -2.28. The molecule has 2 N–H and O–H groups in total. The van der Waals surface area contributed by atoms with E-state index in [4.69, 9.17) is 8.85 Å². The Hall–Kier alpha value is -2.85. The van der Waals surface area contributed by atoms with Crippen LogP contribution in [-0.4, -0.2) is 38.9 Å². The molecule has 0 unspecified atom stereocenters. The standard InChI is InChI=1S/C16H19F3N6O2/c1-4-20-12-9(16(17,18)19)8-21-14(23-12)22-11-7-10(24-25(11)3)15(2)5-6-27-13(15)26/h7-8H,4-6H2,1-3H3,(H2,20,21,22,23)/t15-/m1/s1/i3D3. The van der Waals surface area contributed by atoms with Crippen LogP contribution in [0.25, 0.3) is 0 Å². The Bertz CT molecular complexity index is 963. The Morgan fingerprint density at radius 3 is 2.85 bits per heavy atom. The predicted molar refractivity (Wildman–Crippen MR) is 90.6 cm³/mol. The van der Waals surface area contributed by atoms with Crippen molar-refractivity contribution in [3.63, 3.8) is 0 Å². The molecular formula is C16H19F3N6O2. The molecule has 27 heavy (non-hydrogen) atoms. The molecule has 0 aromatic carbocycles. The van der Waals surface area contributed by atoms with Crippen molar-refractivity contribution in [3.8, 4) is 0 Å². The summed E-state index contributed by atoms with van der Waals surface area (Å²) in [6, 6.07) is 1.33. The zero-order valence-corrected chi connectivity index (χ0v) is 14.5. The van der Waals surface area contributed by atoms with Gasteiger partial charge in [-0.1, -0.05) is 0 Å². The molecule has 3 rings (SSSR count). The van der Waals surface area contributed by atoms with Crippen molar-refractivity contribution in [2.24, 2.45) is 6.98 Å². The maximum atomic E-state index is 13.1. The molecular weight excluding hydrogens is 365 g/mol. The van der Waals surface area contributed by atoms with E-state index in [9.17, 15) is 18.0 Å². The minimum Gasteiger partial charge on any atom is -0.465 e. The van der Waals surface area contributed by atoms with Gasteiger partial charge in [0.15, 0.2) is 0 Å². The average Bonchev–Trinajstić information content (AvgIpc) is 3.19. The van der Waals surface area contributed by atoms with Gasteiger partial charge in [-0.2, -0.15) is 23.3 Å². The third-order valence-corrected chi connectivity index (χ3v) is 4.24. The van der Waals surface area contributed by atoms with Gasteiger partial charge in [0, 0.05) is 36.3 Å². The second-order valence-electron chi connectivity index (χ2n) is 6.15. The average molecular weight is 387 g/mol. The molecule has 2 aromatic heterocycles. The number of aromatic nitrogens is 4. The van der Waals surface area contributed by atoms with Crippen LogP contribution in [0, 0.1) is 0 Å². The largest absolute Gasteiger partial charge is 0.465 e. The fourth-order valence-corrected chi connectivity index (χ4v) is 2.65. The highest BCUT2D eigenvalue weighted by Gasteiger charge is 2.44. The first kappa shape index (κ1) is 15.2. The van der Waals surface area contributed by atoms with Crippen molar-refractivity contribution in [2.75, 3.05) is 23.8 Å². The highest BCUT2D eigenvalue weighted by Crippen LogP contribution is 2.36. The lowest BCUT2D eigenvalue weighted by Gasteiger charge is -2.14. The van der Waals surface area contributed by atoms with Crippen LogP contribution >= 0.6 is 0 Å². The fourth-order valence-electron chi connectivity index (χ4n) is 2.65. The number of nitrogens with one attached hydrogen (secondary N) is 2. The maximum absolute atomic E-state index is 13.1. The summed E-state index contributed by atoms with van der Waals surface area (Å²) in [6.07, 6.45) is -3.76. The predicted octanol–water partition coefficient (Wildman–Crippen LogP) is 2.61. The summed E-state index contributed by atoms with van der Waals surface area (Å²) < 4.78 is 68.1. The first-order valence-corrected chi connectivity index (χ1v) is 8.09. The molecule has 0 bridgehead atoms. The highest BCUT2D eigenvalue weighted by molar-refractivity contribution is 5.84. The number of esters is 1. The zero-order chi connectivity index (χ0) is 22.3. The van der Waals surface area contributed by atoms with Crippen LogP contribution in [0.4, 0.5) is 30.8 Å². The molecule has 1 aliphatic rings. The van der Waals surface area contributed by atoms with Gasteiger partial charge in [0.1, 0.15) is 22.6 Å². The summed E-state index contributed by atoms with van der Waals surface area (Å²) >= 11 is 0. The van der Waals surface area contributed by atoms with Gasteiger partial charge >= 0.3 is 12.1 Å². The number of rotatable bonds is 5. The summed E-state index contributed by atoms with van der Waals surface area (Å²) in [5, 5.41) is 9.14. The van der Waals surface area contributed by atoms with E-state index in [-0.39, 0.29) is 30.6 Å². The Morgan fingerprint density at radius 1 is 1.48 bits per heavy atom. The van der Waals surface area contributed by atoms with E-state index in [1.807, 2.05) is 0 Å². The maximum Gasteiger partial charge on any atom is 0.421 e. The second-order valence-corrected chi connectivity index (χ2v) is 6.15. The minimum absolute atomic E-state index is 0.104. The van der Waals surface area contributed by atoms with Gasteiger partial charge in [-0.3, -0.25) is 9.48 Å². The quantitative estimate of drug-likeness (QED) is 0.762. The fraction of sp³-hybridized carbons (Fsp3) is 0.500. The van der Waals surface area contributed by atoms with Crippen molar-refractivity contribution >= 4 is 23.6 Å². The number of carbonyl (C=O) groups excluding carboxylic acids is 1. The Labute approximate surface area is 157 Å². The van der Waals surface area contributed by atoms with Gasteiger partial charge in [-0.25, -0.2) is 4.98 Å². The molecule has 1 fully saturated rings. The van der Waals surface area contributed by atoms with E-state index in [2.05, 4.69) is 25.7 Å². The molecule has 0 spiro atoms. The third kappa shape index (κ3) is 3.53. The number of hydrogen-bond acceptors (Lipinski definition) is 7. The Morgan fingerprint density at radius 2 is 2.26 bits per heavy atom. The van der Waals surface area contributed by atoms with Crippen LogP contribution in [0.1, 0.15) is 35.6 Å². The number of aryl methyl sites for hydroxylation is 1. The number of cyclic esters (lactones) is 1. The third-order valence-electron chi connectivity index (χ3n) is 4.24. The molecule has 11 heteroatoms. The molecule has 146 valence electrons. The van der Waals surface area contributed by atoms with Crippen LogP contribution in [0.15, 0.2) is 12.3 Å². The van der Waals surface area contributed by atoms with Gasteiger partial charge in [0.05, 0.1) is 12.3 Å². The van der Waals surface area contributed by atoms with Gasteiger partial charge < -0.3 is 15.4 Å². The smallest absolute Gasteiger partial charge is 0.421 e. The van der Waals surface area contributed by atoms with E-state index >= 15 is 0 Å². The monoisotopic (exact) mass is 387 g/mol. The highest BCUT2D eigenvalue weighted by atomic mass is 19.4. The number of nitrogens with zero attached hydrogens (tertiary/aromatic N) is 4. The van der Waals surface area contributed by atoms with Crippen LogP contribution < -0.4 is 10.6 Å². The van der Waals surface area contributed by atoms with Gasteiger partial charge in [-0.05, 0) is 13.8 Å². The van der Waals surface area contributed by atoms with Crippen molar-refractivity contribution in [1.29, 1.82) is 0 Å². The molecule has 8 nitrogen and oxygen atoms in total. The molecule has 3 heterocycles. The van der Waals surface area contributed by atoms with Gasteiger partial charge in [0.25, 0.3) is 0 Å². The zero-order valence-electron chi connectivity index (χ0n) is 17.5. The second kappa shape index (κ2) is 6.71. The summed E-state index contributed by atoms with van der Waals surface area (Å²) in [5.41, 5.74) is -2.04. The number of hydrogen-bond donors (Lipinski definition) is 2. The molecule has 1 atom stereocenters. The van der Waals surface area contributed by atoms with Gasteiger partial charge in [-0.15, -0.1) is 0 Å². The Balaban J connectivity index is 2.02. The molecule has 1 aliphatic heterocycles. The number of carbonyl (C=O) groups is 1. The molecule has 2 aromatic rings.